The van der Waals surface area contributed by atoms with Gasteiger partial charge in [0.2, 0.25) is 0 Å². The highest BCUT2D eigenvalue weighted by Crippen LogP contribution is 2.35. The third kappa shape index (κ3) is 3.76. The van der Waals surface area contributed by atoms with Crippen LogP contribution in [0.1, 0.15) is 29.6 Å². The van der Waals surface area contributed by atoms with Gasteiger partial charge in [-0.25, -0.2) is 0 Å². The number of hydrogen-bond donors (Lipinski definition) is 3. The van der Waals surface area contributed by atoms with Gasteiger partial charge in [-0.15, -0.1) is 0 Å². The maximum atomic E-state index is 13.2. The van der Waals surface area contributed by atoms with Gasteiger partial charge in [-0.3, -0.25) is 9.59 Å². The van der Waals surface area contributed by atoms with Crippen molar-refractivity contribution in [1.29, 1.82) is 0 Å². The Hall–Kier alpha value is -2.22. The van der Waals surface area contributed by atoms with Gasteiger partial charge in [0.25, 0.3) is 11.5 Å². The quantitative estimate of drug-likeness (QED) is 0.658. The summed E-state index contributed by atoms with van der Waals surface area (Å²) >= 11 is 0. The van der Waals surface area contributed by atoms with E-state index in [0.29, 0.717) is 48.8 Å². The van der Waals surface area contributed by atoms with Crippen LogP contribution in [0.15, 0.2) is 35.3 Å². The lowest BCUT2D eigenvalue weighted by Crippen LogP contribution is -2.55. The van der Waals surface area contributed by atoms with Gasteiger partial charge in [-0.2, -0.15) is 0 Å². The molecule has 3 N–H and O–H groups in total. The highest BCUT2D eigenvalue weighted by Gasteiger charge is 2.43. The number of amides is 1. The maximum absolute atomic E-state index is 13.2. The lowest BCUT2D eigenvalue weighted by Gasteiger charge is -2.45. The van der Waals surface area contributed by atoms with Gasteiger partial charge in [-0.1, -0.05) is 18.2 Å². The number of aromatic amines is 1. The van der Waals surface area contributed by atoms with E-state index in [-0.39, 0.29) is 24.6 Å². The highest BCUT2D eigenvalue weighted by molar-refractivity contribution is 6.06. The Morgan fingerprint density at radius 2 is 2.11 bits per heavy atom. The lowest BCUT2D eigenvalue weighted by molar-refractivity contribution is -0.0744. The van der Waals surface area contributed by atoms with Crippen LogP contribution >= 0.6 is 0 Å². The Morgan fingerprint density at radius 3 is 2.81 bits per heavy atom. The molecule has 146 valence electrons. The van der Waals surface area contributed by atoms with Crippen LogP contribution < -0.4 is 5.56 Å². The normalized spacial score (nSPS) is 22.9. The number of aromatic nitrogens is 1. The molecule has 2 atom stereocenters. The number of ether oxygens (including phenoxy) is 1. The fourth-order valence-electron chi connectivity index (χ4n) is 3.93. The van der Waals surface area contributed by atoms with Crippen LogP contribution in [-0.2, 0) is 4.74 Å². The van der Waals surface area contributed by atoms with Gasteiger partial charge in [0, 0.05) is 49.2 Å². The second-order valence-corrected chi connectivity index (χ2v) is 7.23. The van der Waals surface area contributed by atoms with Gasteiger partial charge in [0.1, 0.15) is 0 Å². The van der Waals surface area contributed by atoms with Crippen molar-refractivity contribution in [2.45, 2.75) is 25.4 Å². The largest absolute Gasteiger partial charge is 0.396 e. The first-order chi connectivity index (χ1) is 13.0. The molecule has 0 aliphatic carbocycles. The molecule has 0 unspecified atom stereocenters. The van der Waals surface area contributed by atoms with Crippen molar-refractivity contribution in [1.82, 2.24) is 9.88 Å². The number of methoxy groups -OCH3 is 1. The Labute approximate surface area is 157 Å². The zero-order valence-corrected chi connectivity index (χ0v) is 15.5. The average molecular weight is 374 g/mol. The predicted octanol–water partition coefficient (Wildman–Crippen LogP) is 1.14. The molecule has 1 aromatic carbocycles. The molecule has 27 heavy (non-hydrogen) atoms. The molecule has 2 heterocycles. The summed E-state index contributed by atoms with van der Waals surface area (Å²) in [5.74, 6) is -0.209. The molecule has 0 radical (unpaired) electrons. The summed E-state index contributed by atoms with van der Waals surface area (Å²) in [5.41, 5.74) is -0.574. The van der Waals surface area contributed by atoms with Gasteiger partial charge >= 0.3 is 0 Å². The molecule has 7 nitrogen and oxygen atoms in total. The highest BCUT2D eigenvalue weighted by atomic mass is 16.5. The van der Waals surface area contributed by atoms with Crippen LogP contribution in [0.25, 0.3) is 10.8 Å². The van der Waals surface area contributed by atoms with Crippen LogP contribution in [-0.4, -0.2) is 65.5 Å². The fraction of sp³-hybridized carbons (Fsp3) is 0.500. The van der Waals surface area contributed by atoms with E-state index in [9.17, 15) is 19.8 Å². The minimum atomic E-state index is -0.759. The van der Waals surface area contributed by atoms with E-state index >= 15 is 0 Å². The van der Waals surface area contributed by atoms with Crippen molar-refractivity contribution in [2.24, 2.45) is 5.41 Å². The minimum absolute atomic E-state index is 0.200. The second kappa shape index (κ2) is 8.21. The molecular formula is C20H26N2O5. The molecule has 1 saturated heterocycles. The number of H-pyrrole nitrogens is 1. The molecule has 0 saturated carbocycles. The first kappa shape index (κ1) is 19.5. The van der Waals surface area contributed by atoms with E-state index in [4.69, 9.17) is 4.74 Å². The number of piperidine rings is 1. The summed E-state index contributed by atoms with van der Waals surface area (Å²) in [6.45, 7) is 1.00. The summed E-state index contributed by atoms with van der Waals surface area (Å²) < 4.78 is 5.08. The van der Waals surface area contributed by atoms with Crippen LogP contribution in [0.4, 0.5) is 0 Å². The van der Waals surface area contributed by atoms with Crippen LogP contribution in [0.2, 0.25) is 0 Å². The predicted molar refractivity (Wildman–Crippen MR) is 102 cm³/mol. The van der Waals surface area contributed by atoms with Crippen molar-refractivity contribution in [3.8, 4) is 0 Å². The van der Waals surface area contributed by atoms with Gasteiger partial charge in [-0.05, 0) is 25.3 Å². The number of hydrogen-bond acceptors (Lipinski definition) is 5. The molecule has 1 aromatic heterocycles. The number of likely N-dealkylation sites (tertiary alicyclic amines) is 1. The number of carbonyl (C=O) groups is 1. The molecule has 1 amide bonds. The SMILES string of the molecule is COCCC[C@@]1(CO)CN(C(=O)c2c[nH]c(=O)c3ccccc23)CC[C@H]1O. The number of pyridine rings is 1. The van der Waals surface area contributed by atoms with E-state index in [0.717, 1.165) is 0 Å². The molecule has 2 aromatic rings. The van der Waals surface area contributed by atoms with E-state index in [2.05, 4.69) is 4.98 Å². The van der Waals surface area contributed by atoms with E-state index in [1.54, 1.807) is 36.3 Å². The Kier molecular flexibility index (Phi) is 5.94. The van der Waals surface area contributed by atoms with Crippen molar-refractivity contribution in [3.05, 3.63) is 46.4 Å². The topological polar surface area (TPSA) is 103 Å². The zero-order valence-electron chi connectivity index (χ0n) is 15.5. The minimum Gasteiger partial charge on any atom is -0.396 e. The molecule has 0 spiro atoms. The number of rotatable bonds is 6. The van der Waals surface area contributed by atoms with Crippen molar-refractivity contribution in [2.75, 3.05) is 33.4 Å². The average Bonchev–Trinajstić information content (AvgIpc) is 2.70. The summed E-state index contributed by atoms with van der Waals surface area (Å²) in [4.78, 5) is 29.5. The van der Waals surface area contributed by atoms with Gasteiger partial charge < -0.3 is 24.8 Å². The Balaban J connectivity index is 1.89. The monoisotopic (exact) mass is 374 g/mol. The molecule has 7 heteroatoms. The van der Waals surface area contributed by atoms with Gasteiger partial charge in [0.15, 0.2) is 0 Å². The second-order valence-electron chi connectivity index (χ2n) is 7.23. The summed E-state index contributed by atoms with van der Waals surface area (Å²) in [6, 6.07) is 7.00. The van der Waals surface area contributed by atoms with Gasteiger partial charge in [0.05, 0.1) is 18.3 Å². The molecule has 0 bridgehead atoms. The fourth-order valence-corrected chi connectivity index (χ4v) is 3.93. The number of aliphatic hydroxyl groups excluding tert-OH is 2. The molecule has 3 rings (SSSR count). The van der Waals surface area contributed by atoms with E-state index in [1.807, 2.05) is 0 Å². The first-order valence-electron chi connectivity index (χ1n) is 9.20. The van der Waals surface area contributed by atoms with Crippen LogP contribution in [0.5, 0.6) is 0 Å². The van der Waals surface area contributed by atoms with Crippen molar-refractivity contribution < 1.29 is 19.7 Å². The maximum Gasteiger partial charge on any atom is 0.255 e. The lowest BCUT2D eigenvalue weighted by atomic mass is 9.74. The molecule has 1 aliphatic rings. The molecule has 1 fully saturated rings. The summed E-state index contributed by atoms with van der Waals surface area (Å²) in [6.07, 6.45) is 2.44. The third-order valence-electron chi connectivity index (χ3n) is 5.55. The third-order valence-corrected chi connectivity index (χ3v) is 5.55. The van der Waals surface area contributed by atoms with Crippen molar-refractivity contribution in [3.63, 3.8) is 0 Å². The van der Waals surface area contributed by atoms with Crippen LogP contribution in [0.3, 0.4) is 0 Å². The summed E-state index contributed by atoms with van der Waals surface area (Å²) in [5, 5.41) is 21.6. The number of carbonyl (C=O) groups excluding carboxylic acids is 1. The Bertz CT molecular complexity index is 865. The Morgan fingerprint density at radius 1 is 1.37 bits per heavy atom. The molecular weight excluding hydrogens is 348 g/mol. The van der Waals surface area contributed by atoms with Crippen molar-refractivity contribution >= 4 is 16.7 Å². The zero-order chi connectivity index (χ0) is 19.4. The summed E-state index contributed by atoms with van der Waals surface area (Å²) in [7, 11) is 1.61. The smallest absolute Gasteiger partial charge is 0.255 e. The standard InChI is InChI=1S/C20H26N2O5/c1-27-10-4-8-20(13-23)12-22(9-7-17(20)24)19(26)16-11-21-18(25)15-6-3-2-5-14(15)16/h2-3,5-6,11,17,23-24H,4,7-10,12-13H2,1H3,(H,21,25)/t17-,20+/m1/s1. The number of aliphatic hydroxyl groups is 2. The van der Waals surface area contributed by atoms with E-state index in [1.165, 1.54) is 6.20 Å². The molecule has 1 aliphatic heterocycles. The first-order valence-corrected chi connectivity index (χ1v) is 9.20. The number of fused-ring (bicyclic) bond motifs is 1. The van der Waals surface area contributed by atoms with E-state index < -0.39 is 11.5 Å². The van der Waals surface area contributed by atoms with Crippen LogP contribution in [0, 0.1) is 5.41 Å². The number of nitrogens with one attached hydrogen (secondary N) is 1. The number of nitrogens with zero attached hydrogens (tertiary/aromatic N) is 1. The number of benzene rings is 1.